The monoisotopic (exact) mass is 438 g/mol. The van der Waals surface area contributed by atoms with Crippen LogP contribution in [0, 0.1) is 5.82 Å². The topological polar surface area (TPSA) is 130 Å². The number of piperidine rings is 1. The van der Waals surface area contributed by atoms with Gasteiger partial charge in [-0.1, -0.05) is 31.2 Å². The van der Waals surface area contributed by atoms with Gasteiger partial charge in [-0.2, -0.15) is 0 Å². The summed E-state index contributed by atoms with van der Waals surface area (Å²) in [6.45, 7) is 0.823. The fraction of sp³-hybridized carbons (Fsp3) is 0.450. The van der Waals surface area contributed by atoms with Crippen LogP contribution in [0.1, 0.15) is 38.3 Å². The summed E-state index contributed by atoms with van der Waals surface area (Å²) in [5, 5.41) is 12.5. The number of amides is 1. The lowest BCUT2D eigenvalue weighted by molar-refractivity contribution is -0.128. The molecule has 0 spiro atoms. The molecule has 1 aromatic heterocycles. The second-order valence-corrected chi connectivity index (χ2v) is 7.51. The molecule has 0 radical (unpaired) electrons. The van der Waals surface area contributed by atoms with E-state index in [0.29, 0.717) is 43.7 Å². The Kier molecular flexibility index (Phi) is 7.94. The van der Waals surface area contributed by atoms with Gasteiger partial charge in [0.05, 0.1) is 11.6 Å². The summed E-state index contributed by atoms with van der Waals surface area (Å²) in [7, 11) is 0. The second-order valence-electron chi connectivity index (χ2n) is 7.13. The van der Waals surface area contributed by atoms with Crippen LogP contribution in [0.4, 0.5) is 16.0 Å². The van der Waals surface area contributed by atoms with E-state index in [2.05, 4.69) is 15.3 Å². The smallest absolute Gasteiger partial charge is 0.240 e. The highest BCUT2D eigenvalue weighted by Crippen LogP contribution is 2.31. The minimum Gasteiger partial charge on any atom is -0.396 e. The highest BCUT2D eigenvalue weighted by atomic mass is 35.5. The van der Waals surface area contributed by atoms with Crippen molar-refractivity contribution in [2.45, 2.75) is 38.3 Å². The zero-order valence-corrected chi connectivity index (χ0v) is 16.6. The summed E-state index contributed by atoms with van der Waals surface area (Å²) in [5.74, 6) is 0.0407. The Morgan fingerprint density at radius 2 is 1.93 bits per heavy atom. The first-order chi connectivity index (χ1) is 13.8. The van der Waals surface area contributed by atoms with Crippen LogP contribution in [-0.2, 0) is 4.79 Å². The molecule has 3 rings (SSSR count). The minimum atomic E-state index is -1.07. The third kappa shape index (κ3) is 5.16. The highest BCUT2D eigenvalue weighted by molar-refractivity contribution is 6.35. The van der Waals surface area contributed by atoms with Crippen LogP contribution >= 0.6 is 11.6 Å². The van der Waals surface area contributed by atoms with Crippen LogP contribution in [0.5, 0.6) is 0 Å². The Balaban J connectivity index is 0.00000320. The SMILES string of the molecule is C.Nc1ncnc(N2CCC(N)(C(=O)N[C@@H](CCO)c3ccc(F)cc3)CC2)c1Cl. The number of aliphatic hydroxyl groups excluding tert-OH is 1. The van der Waals surface area contributed by atoms with Gasteiger partial charge in [-0.15, -0.1) is 0 Å². The maximum Gasteiger partial charge on any atom is 0.240 e. The van der Waals surface area contributed by atoms with E-state index in [4.69, 9.17) is 23.1 Å². The molecule has 0 saturated carbocycles. The number of carbonyl (C=O) groups excluding carboxylic acids is 1. The molecule has 164 valence electrons. The number of aliphatic hydroxyl groups is 1. The maximum atomic E-state index is 13.2. The standard InChI is InChI=1S/C19H24ClFN6O2.CH4/c20-15-16(22)24-11-25-17(15)27-8-6-19(23,7-9-27)18(29)26-14(5-10-28)12-1-3-13(21)4-2-12;/h1-4,11,14,28H,5-10,23H2,(H,26,29)(H2,22,24,25);1H4/t14-;/m0./s1. The van der Waals surface area contributed by atoms with Gasteiger partial charge in [-0.05, 0) is 37.0 Å². The summed E-state index contributed by atoms with van der Waals surface area (Å²) in [4.78, 5) is 22.9. The third-order valence-electron chi connectivity index (χ3n) is 5.20. The number of hydrogen-bond donors (Lipinski definition) is 4. The first kappa shape index (κ1) is 23.8. The number of rotatable bonds is 6. The Hall–Kier alpha value is -2.49. The molecule has 1 aliphatic heterocycles. The minimum absolute atomic E-state index is 0. The van der Waals surface area contributed by atoms with Gasteiger partial charge < -0.3 is 26.8 Å². The van der Waals surface area contributed by atoms with Gasteiger partial charge >= 0.3 is 0 Å². The molecule has 1 aliphatic rings. The number of carbonyl (C=O) groups is 1. The lowest BCUT2D eigenvalue weighted by atomic mass is 9.87. The molecule has 30 heavy (non-hydrogen) atoms. The quantitative estimate of drug-likeness (QED) is 0.542. The Morgan fingerprint density at radius 3 is 2.53 bits per heavy atom. The fourth-order valence-corrected chi connectivity index (χ4v) is 3.60. The van der Waals surface area contributed by atoms with E-state index in [1.165, 1.54) is 18.5 Å². The van der Waals surface area contributed by atoms with Crippen molar-refractivity contribution in [2.75, 3.05) is 30.3 Å². The average Bonchev–Trinajstić information content (AvgIpc) is 2.71. The zero-order chi connectivity index (χ0) is 21.0. The molecule has 1 aromatic carbocycles. The van der Waals surface area contributed by atoms with Crippen molar-refractivity contribution in [1.82, 2.24) is 15.3 Å². The van der Waals surface area contributed by atoms with Gasteiger partial charge in [-0.3, -0.25) is 4.79 Å². The molecule has 6 N–H and O–H groups in total. The second kappa shape index (κ2) is 10.0. The van der Waals surface area contributed by atoms with E-state index in [-0.39, 0.29) is 36.6 Å². The molecule has 10 heteroatoms. The van der Waals surface area contributed by atoms with Crippen LogP contribution in [0.3, 0.4) is 0 Å². The summed E-state index contributed by atoms with van der Waals surface area (Å²) in [5.41, 5.74) is 11.8. The van der Waals surface area contributed by atoms with E-state index in [0.717, 1.165) is 0 Å². The van der Waals surface area contributed by atoms with E-state index in [1.807, 2.05) is 4.90 Å². The number of anilines is 2. The fourth-order valence-electron chi connectivity index (χ4n) is 3.39. The Labute approximate surface area is 180 Å². The summed E-state index contributed by atoms with van der Waals surface area (Å²) in [6.07, 6.45) is 2.41. The van der Waals surface area contributed by atoms with Crippen molar-refractivity contribution in [3.63, 3.8) is 0 Å². The third-order valence-corrected chi connectivity index (χ3v) is 5.56. The number of nitrogens with one attached hydrogen (secondary N) is 1. The van der Waals surface area contributed by atoms with Gasteiger partial charge in [0.15, 0.2) is 5.82 Å². The Bertz CT molecular complexity index is 859. The summed E-state index contributed by atoms with van der Waals surface area (Å²) < 4.78 is 13.2. The van der Waals surface area contributed by atoms with E-state index in [1.54, 1.807) is 12.1 Å². The van der Waals surface area contributed by atoms with Gasteiger partial charge in [0.1, 0.15) is 23.0 Å². The van der Waals surface area contributed by atoms with E-state index in [9.17, 15) is 14.3 Å². The first-order valence-corrected chi connectivity index (χ1v) is 9.69. The molecule has 1 amide bonds. The molecule has 0 unspecified atom stereocenters. The van der Waals surface area contributed by atoms with Crippen LogP contribution < -0.4 is 21.7 Å². The predicted molar refractivity (Wildman–Crippen MR) is 116 cm³/mol. The molecule has 1 fully saturated rings. The van der Waals surface area contributed by atoms with E-state index >= 15 is 0 Å². The molecule has 0 bridgehead atoms. The number of nitrogens with zero attached hydrogens (tertiary/aromatic N) is 3. The molecule has 1 saturated heterocycles. The number of hydrogen-bond acceptors (Lipinski definition) is 7. The van der Waals surface area contributed by atoms with E-state index < -0.39 is 11.6 Å². The van der Waals surface area contributed by atoms with Crippen molar-refractivity contribution >= 4 is 29.1 Å². The van der Waals surface area contributed by atoms with Gasteiger partial charge in [-0.25, -0.2) is 14.4 Å². The van der Waals surface area contributed by atoms with Gasteiger partial charge in [0, 0.05) is 19.7 Å². The molecular formula is C20H28ClFN6O2. The molecule has 2 aromatic rings. The van der Waals surface area contributed by atoms with Crippen molar-refractivity contribution in [3.05, 3.63) is 47.0 Å². The molecule has 0 aliphatic carbocycles. The lowest BCUT2D eigenvalue weighted by Gasteiger charge is -2.39. The largest absolute Gasteiger partial charge is 0.396 e. The van der Waals surface area contributed by atoms with Crippen molar-refractivity contribution in [3.8, 4) is 0 Å². The van der Waals surface area contributed by atoms with Gasteiger partial charge in [0.25, 0.3) is 0 Å². The Morgan fingerprint density at radius 1 is 1.30 bits per heavy atom. The number of benzene rings is 1. The highest BCUT2D eigenvalue weighted by Gasteiger charge is 2.39. The summed E-state index contributed by atoms with van der Waals surface area (Å²) >= 11 is 6.19. The number of aromatic nitrogens is 2. The van der Waals surface area contributed by atoms with Crippen LogP contribution in [0.2, 0.25) is 5.02 Å². The number of nitrogen functional groups attached to an aromatic ring is 1. The van der Waals surface area contributed by atoms with Crippen LogP contribution in [0.15, 0.2) is 30.6 Å². The van der Waals surface area contributed by atoms with Crippen LogP contribution in [-0.4, -0.2) is 46.2 Å². The summed E-state index contributed by atoms with van der Waals surface area (Å²) in [6, 6.07) is 5.36. The zero-order valence-electron chi connectivity index (χ0n) is 15.8. The predicted octanol–water partition coefficient (Wildman–Crippen LogP) is 2.03. The molecule has 8 nitrogen and oxygen atoms in total. The van der Waals surface area contributed by atoms with Crippen molar-refractivity contribution in [2.24, 2.45) is 5.73 Å². The molecule has 2 heterocycles. The molecule has 1 atom stereocenters. The average molecular weight is 439 g/mol. The lowest BCUT2D eigenvalue weighted by Crippen LogP contribution is -2.60. The number of halogens is 2. The first-order valence-electron chi connectivity index (χ1n) is 9.31. The normalized spacial score (nSPS) is 16.5. The van der Waals surface area contributed by atoms with Gasteiger partial charge in [0.2, 0.25) is 5.91 Å². The molecular weight excluding hydrogens is 411 g/mol. The van der Waals surface area contributed by atoms with Crippen molar-refractivity contribution < 1.29 is 14.3 Å². The van der Waals surface area contributed by atoms with Crippen molar-refractivity contribution in [1.29, 1.82) is 0 Å². The van der Waals surface area contributed by atoms with Crippen LogP contribution in [0.25, 0.3) is 0 Å². The number of nitrogens with two attached hydrogens (primary N) is 2. The maximum absolute atomic E-state index is 13.2.